The highest BCUT2D eigenvalue weighted by Crippen LogP contribution is 2.21. The quantitative estimate of drug-likeness (QED) is 0.805. The Morgan fingerprint density at radius 2 is 2.12 bits per heavy atom. The fraction of sp³-hybridized carbons (Fsp3) is 0.231. The van der Waals surface area contributed by atoms with Crippen LogP contribution in [0.1, 0.15) is 17.0 Å². The van der Waals surface area contributed by atoms with Gasteiger partial charge in [-0.15, -0.1) is 0 Å². The van der Waals surface area contributed by atoms with Gasteiger partial charge in [0.05, 0.1) is 11.0 Å². The van der Waals surface area contributed by atoms with Crippen LogP contribution in [-0.4, -0.2) is 20.6 Å². The van der Waals surface area contributed by atoms with E-state index in [1.54, 1.807) is 0 Å². The molecule has 0 aliphatic heterocycles. The molecule has 2 rings (SSSR count). The molecule has 0 aliphatic carbocycles. The van der Waals surface area contributed by atoms with E-state index in [4.69, 9.17) is 5.11 Å². The van der Waals surface area contributed by atoms with E-state index in [9.17, 15) is 4.79 Å². The number of aryl methyl sites for hydroxylation is 3. The number of hydrogen-bond acceptors (Lipinski definition) is 2. The van der Waals surface area contributed by atoms with Crippen molar-refractivity contribution in [1.82, 2.24) is 9.55 Å². The smallest absolute Gasteiger partial charge is 0.328 e. The maximum absolute atomic E-state index is 10.5. The van der Waals surface area contributed by atoms with Crippen molar-refractivity contribution in [2.24, 2.45) is 7.05 Å². The first kappa shape index (κ1) is 11.4. The molecule has 0 saturated carbocycles. The van der Waals surface area contributed by atoms with Gasteiger partial charge in [0.25, 0.3) is 0 Å². The Morgan fingerprint density at radius 3 is 2.76 bits per heavy atom. The van der Waals surface area contributed by atoms with Crippen molar-refractivity contribution >= 4 is 23.1 Å². The third-order valence-electron chi connectivity index (χ3n) is 2.99. The molecule has 1 N–H and O–H groups in total. The Balaban J connectivity index is 2.64. The fourth-order valence-corrected chi connectivity index (χ4v) is 1.81. The largest absolute Gasteiger partial charge is 0.478 e. The number of benzene rings is 1. The van der Waals surface area contributed by atoms with Gasteiger partial charge in [-0.05, 0) is 37.1 Å². The van der Waals surface area contributed by atoms with E-state index in [-0.39, 0.29) is 0 Å². The summed E-state index contributed by atoms with van der Waals surface area (Å²) in [4.78, 5) is 15.0. The monoisotopic (exact) mass is 230 g/mol. The van der Waals surface area contributed by atoms with Gasteiger partial charge in [-0.2, -0.15) is 0 Å². The molecule has 0 amide bonds. The summed E-state index contributed by atoms with van der Waals surface area (Å²) in [5.41, 5.74) is 4.26. The molecule has 2 aromatic rings. The zero-order valence-corrected chi connectivity index (χ0v) is 10.1. The fourth-order valence-electron chi connectivity index (χ4n) is 1.81. The Hall–Kier alpha value is -2.10. The maximum Gasteiger partial charge on any atom is 0.328 e. The van der Waals surface area contributed by atoms with Gasteiger partial charge >= 0.3 is 5.97 Å². The lowest BCUT2D eigenvalue weighted by Crippen LogP contribution is -1.93. The lowest BCUT2D eigenvalue weighted by molar-refractivity contribution is -0.131. The minimum atomic E-state index is -0.968. The number of nitrogens with zero attached hydrogens (tertiary/aromatic N) is 2. The van der Waals surface area contributed by atoms with E-state index in [2.05, 4.69) is 4.98 Å². The molecular weight excluding hydrogens is 216 g/mol. The van der Waals surface area contributed by atoms with Crippen molar-refractivity contribution in [2.45, 2.75) is 13.8 Å². The van der Waals surface area contributed by atoms with Crippen LogP contribution in [0.2, 0.25) is 0 Å². The normalized spacial score (nSPS) is 11.5. The summed E-state index contributed by atoms with van der Waals surface area (Å²) in [5, 5.41) is 8.62. The van der Waals surface area contributed by atoms with Gasteiger partial charge in [0.1, 0.15) is 5.82 Å². The van der Waals surface area contributed by atoms with Gasteiger partial charge in [0.2, 0.25) is 0 Å². The zero-order valence-electron chi connectivity index (χ0n) is 10.1. The molecule has 4 heteroatoms. The van der Waals surface area contributed by atoms with Crippen LogP contribution >= 0.6 is 0 Å². The van der Waals surface area contributed by atoms with Crippen molar-refractivity contribution in [3.8, 4) is 0 Å². The second-order valence-corrected chi connectivity index (χ2v) is 4.08. The van der Waals surface area contributed by atoms with E-state index in [1.807, 2.05) is 37.6 Å². The first-order valence-electron chi connectivity index (χ1n) is 5.34. The molecule has 88 valence electrons. The summed E-state index contributed by atoms with van der Waals surface area (Å²) in [6, 6.07) is 4.05. The van der Waals surface area contributed by atoms with Crippen LogP contribution in [0.25, 0.3) is 17.1 Å². The molecule has 0 spiro atoms. The van der Waals surface area contributed by atoms with Crippen LogP contribution in [-0.2, 0) is 11.8 Å². The molecule has 1 aromatic heterocycles. The third kappa shape index (κ3) is 1.93. The lowest BCUT2D eigenvalue weighted by Gasteiger charge is -2.00. The van der Waals surface area contributed by atoms with Crippen LogP contribution in [0.15, 0.2) is 18.2 Å². The molecule has 1 heterocycles. The molecule has 17 heavy (non-hydrogen) atoms. The predicted molar refractivity (Wildman–Crippen MR) is 66.9 cm³/mol. The number of aliphatic carboxylic acids is 1. The van der Waals surface area contributed by atoms with Gasteiger partial charge in [-0.25, -0.2) is 9.78 Å². The first-order chi connectivity index (χ1) is 8.00. The van der Waals surface area contributed by atoms with Crippen molar-refractivity contribution < 1.29 is 9.90 Å². The number of aromatic nitrogens is 2. The summed E-state index contributed by atoms with van der Waals surface area (Å²) in [6.07, 6.45) is 2.61. The predicted octanol–water partition coefficient (Wildman–Crippen LogP) is 2.29. The highest BCUT2D eigenvalue weighted by atomic mass is 16.4. The average molecular weight is 230 g/mol. The van der Waals surface area contributed by atoms with E-state index >= 15 is 0 Å². The molecule has 0 saturated heterocycles. The minimum Gasteiger partial charge on any atom is -0.478 e. The Labute approximate surface area is 99.2 Å². The maximum atomic E-state index is 10.5. The molecule has 0 atom stereocenters. The van der Waals surface area contributed by atoms with Crippen molar-refractivity contribution in [3.05, 3.63) is 35.2 Å². The Bertz CT molecular complexity index is 624. The van der Waals surface area contributed by atoms with Crippen LogP contribution in [0.4, 0.5) is 0 Å². The standard InChI is InChI=1S/C13H14N2O2/c1-8-4-5-10-13(9(8)2)14-11(15(10)3)6-7-12(16)17/h4-7H,1-3H3,(H,16,17)/b7-6+. The molecule has 0 aliphatic rings. The van der Waals surface area contributed by atoms with Gasteiger partial charge in [0.15, 0.2) is 0 Å². The summed E-state index contributed by atoms with van der Waals surface area (Å²) < 4.78 is 1.89. The van der Waals surface area contributed by atoms with Gasteiger partial charge in [0, 0.05) is 13.1 Å². The molecule has 0 bridgehead atoms. The van der Waals surface area contributed by atoms with E-state index < -0.39 is 5.97 Å². The second kappa shape index (κ2) is 4.05. The molecule has 0 unspecified atom stereocenters. The van der Waals surface area contributed by atoms with Gasteiger partial charge in [-0.1, -0.05) is 6.07 Å². The summed E-state index contributed by atoms with van der Waals surface area (Å²) in [6.45, 7) is 4.06. The van der Waals surface area contributed by atoms with Crippen LogP contribution in [0, 0.1) is 13.8 Å². The van der Waals surface area contributed by atoms with E-state index in [0.717, 1.165) is 22.7 Å². The highest BCUT2D eigenvalue weighted by Gasteiger charge is 2.08. The number of hydrogen-bond donors (Lipinski definition) is 1. The Morgan fingerprint density at radius 1 is 1.41 bits per heavy atom. The average Bonchev–Trinajstić information content (AvgIpc) is 2.59. The molecule has 0 fully saturated rings. The number of carbonyl (C=O) groups is 1. The SMILES string of the molecule is Cc1ccc2c(nc(/C=C/C(=O)O)n2C)c1C. The number of fused-ring (bicyclic) bond motifs is 1. The molecule has 1 aromatic carbocycles. The van der Waals surface area contributed by atoms with E-state index in [0.29, 0.717) is 5.82 Å². The third-order valence-corrected chi connectivity index (χ3v) is 2.99. The number of rotatable bonds is 2. The summed E-state index contributed by atoms with van der Waals surface area (Å²) in [7, 11) is 1.88. The number of carboxylic acid groups (broad SMARTS) is 1. The lowest BCUT2D eigenvalue weighted by atomic mass is 10.1. The van der Waals surface area contributed by atoms with E-state index in [1.165, 1.54) is 11.6 Å². The van der Waals surface area contributed by atoms with Crippen molar-refractivity contribution in [1.29, 1.82) is 0 Å². The molecule has 4 nitrogen and oxygen atoms in total. The van der Waals surface area contributed by atoms with Crippen molar-refractivity contribution in [3.63, 3.8) is 0 Å². The van der Waals surface area contributed by atoms with Crippen LogP contribution in [0.3, 0.4) is 0 Å². The zero-order chi connectivity index (χ0) is 12.6. The highest BCUT2D eigenvalue weighted by molar-refractivity contribution is 5.87. The topological polar surface area (TPSA) is 55.1 Å². The van der Waals surface area contributed by atoms with Gasteiger partial charge < -0.3 is 9.67 Å². The molecule has 0 radical (unpaired) electrons. The van der Waals surface area contributed by atoms with Crippen LogP contribution in [0.5, 0.6) is 0 Å². The van der Waals surface area contributed by atoms with Crippen molar-refractivity contribution in [2.75, 3.05) is 0 Å². The van der Waals surface area contributed by atoms with Gasteiger partial charge in [-0.3, -0.25) is 0 Å². The number of carboxylic acids is 1. The number of imidazole rings is 1. The Kier molecular flexibility index (Phi) is 2.71. The summed E-state index contributed by atoms with van der Waals surface area (Å²) in [5.74, 6) is -0.318. The first-order valence-corrected chi connectivity index (χ1v) is 5.34. The van der Waals surface area contributed by atoms with Crippen LogP contribution < -0.4 is 0 Å². The summed E-state index contributed by atoms with van der Waals surface area (Å²) >= 11 is 0. The second-order valence-electron chi connectivity index (χ2n) is 4.08. The molecular formula is C13H14N2O2. The minimum absolute atomic E-state index is 0.649.